The molecule has 5 heteroatoms. The molecule has 0 atom stereocenters. The van der Waals surface area contributed by atoms with Crippen molar-refractivity contribution in [3.05, 3.63) is 29.8 Å². The van der Waals surface area contributed by atoms with Crippen LogP contribution in [0.3, 0.4) is 0 Å². The number of halogens is 1. The number of hydrogen-bond donors (Lipinski definition) is 0. The highest BCUT2D eigenvalue weighted by atomic mass is 35.5. The quantitative estimate of drug-likeness (QED) is 0.800. The topological polar surface area (TPSA) is 21.7 Å². The van der Waals surface area contributed by atoms with Gasteiger partial charge in [-0.1, -0.05) is 24.3 Å². The van der Waals surface area contributed by atoms with Crippen molar-refractivity contribution in [1.29, 1.82) is 0 Å². The average molecular weight is 298 g/mol. The van der Waals surface area contributed by atoms with E-state index < -0.39 is 0 Å². The summed E-state index contributed by atoms with van der Waals surface area (Å²) in [6.45, 7) is 9.24. The van der Waals surface area contributed by atoms with Crippen LogP contribution in [0.4, 0.5) is 0 Å². The zero-order valence-electron chi connectivity index (χ0n) is 13.3. The number of benzene rings is 1. The molecule has 0 saturated carbocycles. The molecule has 0 amide bonds. The van der Waals surface area contributed by atoms with Crippen LogP contribution in [0.1, 0.15) is 33.3 Å². The Hall–Kier alpha value is -0.545. The van der Waals surface area contributed by atoms with E-state index in [9.17, 15) is 0 Å². The van der Waals surface area contributed by atoms with E-state index in [1.165, 1.54) is 5.56 Å². The Bertz CT molecular complexity index is 447. The second-order valence-electron chi connectivity index (χ2n) is 6.57. The maximum Gasteiger partial charge on any atom is 0.494 e. The van der Waals surface area contributed by atoms with Crippen LogP contribution in [0.15, 0.2) is 24.3 Å². The molecule has 0 aromatic heterocycles. The SMILES string of the molecule is CN(C)Cc1cccc(B2OC(C)(C)C(C)(C)O2)c1.Cl. The fraction of sp³-hybridized carbons (Fsp3) is 0.600. The summed E-state index contributed by atoms with van der Waals surface area (Å²) in [6, 6.07) is 8.44. The van der Waals surface area contributed by atoms with E-state index in [4.69, 9.17) is 9.31 Å². The van der Waals surface area contributed by atoms with Gasteiger partial charge in [-0.2, -0.15) is 0 Å². The van der Waals surface area contributed by atoms with Crippen molar-refractivity contribution in [3.63, 3.8) is 0 Å². The molecule has 1 saturated heterocycles. The van der Waals surface area contributed by atoms with Crippen molar-refractivity contribution < 1.29 is 9.31 Å². The van der Waals surface area contributed by atoms with Crippen molar-refractivity contribution >= 4 is 25.0 Å². The van der Waals surface area contributed by atoms with Crippen molar-refractivity contribution in [2.24, 2.45) is 0 Å². The van der Waals surface area contributed by atoms with Crippen LogP contribution in [0.2, 0.25) is 0 Å². The van der Waals surface area contributed by atoms with Gasteiger partial charge in [-0.05, 0) is 52.8 Å². The predicted molar refractivity (Wildman–Crippen MR) is 86.8 cm³/mol. The Morgan fingerprint density at radius 2 is 1.60 bits per heavy atom. The molecule has 1 aliphatic heterocycles. The molecule has 20 heavy (non-hydrogen) atoms. The van der Waals surface area contributed by atoms with Crippen molar-refractivity contribution in [2.45, 2.75) is 45.4 Å². The lowest BCUT2D eigenvalue weighted by atomic mass is 9.78. The molecule has 0 unspecified atom stereocenters. The highest BCUT2D eigenvalue weighted by Crippen LogP contribution is 2.36. The first kappa shape index (κ1) is 17.5. The molecule has 0 N–H and O–H groups in total. The minimum atomic E-state index is -0.283. The molecule has 0 aliphatic carbocycles. The van der Waals surface area contributed by atoms with Gasteiger partial charge >= 0.3 is 7.12 Å². The maximum atomic E-state index is 6.07. The number of rotatable bonds is 3. The van der Waals surface area contributed by atoms with E-state index in [-0.39, 0.29) is 30.7 Å². The summed E-state index contributed by atoms with van der Waals surface area (Å²) in [5.41, 5.74) is 1.81. The van der Waals surface area contributed by atoms with Crippen molar-refractivity contribution in [3.8, 4) is 0 Å². The fourth-order valence-corrected chi connectivity index (χ4v) is 2.18. The van der Waals surface area contributed by atoms with E-state index in [0.717, 1.165) is 12.0 Å². The smallest absolute Gasteiger partial charge is 0.399 e. The third-order valence-corrected chi connectivity index (χ3v) is 3.98. The van der Waals surface area contributed by atoms with Gasteiger partial charge in [-0.3, -0.25) is 0 Å². The van der Waals surface area contributed by atoms with Gasteiger partial charge in [0.1, 0.15) is 0 Å². The Morgan fingerprint density at radius 3 is 2.10 bits per heavy atom. The molecule has 0 bridgehead atoms. The number of hydrogen-bond acceptors (Lipinski definition) is 3. The van der Waals surface area contributed by atoms with Gasteiger partial charge in [0.05, 0.1) is 11.2 Å². The zero-order valence-corrected chi connectivity index (χ0v) is 14.1. The Morgan fingerprint density at radius 1 is 1.05 bits per heavy atom. The first-order valence-corrected chi connectivity index (χ1v) is 6.80. The summed E-state index contributed by atoms with van der Waals surface area (Å²) in [5, 5.41) is 0. The lowest BCUT2D eigenvalue weighted by Gasteiger charge is -2.32. The normalized spacial score (nSPS) is 20.1. The van der Waals surface area contributed by atoms with Crippen LogP contribution < -0.4 is 5.46 Å². The lowest BCUT2D eigenvalue weighted by Crippen LogP contribution is -2.41. The second-order valence-corrected chi connectivity index (χ2v) is 6.57. The van der Waals surface area contributed by atoms with Gasteiger partial charge in [0.15, 0.2) is 0 Å². The fourth-order valence-electron chi connectivity index (χ4n) is 2.18. The van der Waals surface area contributed by atoms with Gasteiger partial charge in [0.25, 0.3) is 0 Å². The van der Waals surface area contributed by atoms with Gasteiger partial charge in [0.2, 0.25) is 0 Å². The Kier molecular flexibility index (Phi) is 5.31. The van der Waals surface area contributed by atoms with Crippen molar-refractivity contribution in [1.82, 2.24) is 4.90 Å². The van der Waals surface area contributed by atoms with E-state index in [0.29, 0.717) is 0 Å². The van der Waals surface area contributed by atoms with Crippen LogP contribution >= 0.6 is 12.4 Å². The summed E-state index contributed by atoms with van der Waals surface area (Å²) >= 11 is 0. The third-order valence-electron chi connectivity index (χ3n) is 3.98. The molecule has 112 valence electrons. The lowest BCUT2D eigenvalue weighted by molar-refractivity contribution is 0.00578. The summed E-state index contributed by atoms with van der Waals surface area (Å²) in [5.74, 6) is 0. The minimum Gasteiger partial charge on any atom is -0.399 e. The maximum absolute atomic E-state index is 6.07. The molecule has 1 heterocycles. The van der Waals surface area contributed by atoms with Gasteiger partial charge < -0.3 is 14.2 Å². The predicted octanol–water partition coefficient (Wildman–Crippen LogP) is 2.47. The van der Waals surface area contributed by atoms with Gasteiger partial charge in [-0.25, -0.2) is 0 Å². The standard InChI is InChI=1S/C15H24BNO2.ClH/c1-14(2)15(3,4)19-16(18-14)13-9-7-8-12(10-13)11-17(5)6;/h7-10H,11H2,1-6H3;1H. The van der Waals surface area contributed by atoms with E-state index in [1.54, 1.807) is 0 Å². The van der Waals surface area contributed by atoms with E-state index in [2.05, 4.69) is 71.0 Å². The van der Waals surface area contributed by atoms with Crippen LogP contribution in [0, 0.1) is 0 Å². The largest absolute Gasteiger partial charge is 0.494 e. The third kappa shape index (κ3) is 3.56. The summed E-state index contributed by atoms with van der Waals surface area (Å²) < 4.78 is 12.1. The van der Waals surface area contributed by atoms with Crippen LogP contribution in [-0.2, 0) is 15.9 Å². The molecule has 1 aliphatic rings. The Labute approximate surface area is 129 Å². The second kappa shape index (κ2) is 6.06. The first-order chi connectivity index (χ1) is 8.71. The van der Waals surface area contributed by atoms with Crippen LogP contribution in [0.25, 0.3) is 0 Å². The molecule has 3 nitrogen and oxygen atoms in total. The molecular formula is C15H25BClNO2. The minimum absolute atomic E-state index is 0. The van der Waals surface area contributed by atoms with E-state index >= 15 is 0 Å². The van der Waals surface area contributed by atoms with E-state index in [1.807, 2.05) is 0 Å². The molecule has 0 radical (unpaired) electrons. The molecule has 1 aromatic carbocycles. The zero-order chi connectivity index (χ0) is 14.3. The Balaban J connectivity index is 0.00000200. The molecule has 2 rings (SSSR count). The van der Waals surface area contributed by atoms with Crippen LogP contribution in [-0.4, -0.2) is 37.3 Å². The van der Waals surface area contributed by atoms with Crippen LogP contribution in [0.5, 0.6) is 0 Å². The summed E-state index contributed by atoms with van der Waals surface area (Å²) in [7, 11) is 3.87. The molecule has 1 fully saturated rings. The average Bonchev–Trinajstić information content (AvgIpc) is 2.47. The molecule has 1 aromatic rings. The summed E-state index contributed by atoms with van der Waals surface area (Å²) in [6.07, 6.45) is 0. The summed E-state index contributed by atoms with van der Waals surface area (Å²) in [4.78, 5) is 2.16. The highest BCUT2D eigenvalue weighted by Gasteiger charge is 2.51. The molecular weight excluding hydrogens is 272 g/mol. The molecule has 0 spiro atoms. The first-order valence-electron chi connectivity index (χ1n) is 6.80. The van der Waals surface area contributed by atoms with Gasteiger partial charge in [-0.15, -0.1) is 12.4 Å². The highest BCUT2D eigenvalue weighted by molar-refractivity contribution is 6.62. The van der Waals surface area contributed by atoms with Crippen molar-refractivity contribution in [2.75, 3.05) is 14.1 Å². The number of nitrogens with zero attached hydrogens (tertiary/aromatic N) is 1. The van der Waals surface area contributed by atoms with Gasteiger partial charge in [0, 0.05) is 6.54 Å². The monoisotopic (exact) mass is 297 g/mol.